The highest BCUT2D eigenvalue weighted by Gasteiger charge is 2.24. The van der Waals surface area contributed by atoms with E-state index in [2.05, 4.69) is 44.2 Å². The summed E-state index contributed by atoms with van der Waals surface area (Å²) in [6, 6.07) is 0.540. The maximum atomic E-state index is 4.38. The standard InChI is InChI=1S/C18H32N6/c1-13(2)14-7-9-15(10-8-14)21-18(19-3)20-12-17-23-22-16-6-4-5-11-24(16)17/h13-15H,4-12H2,1-3H3,(H2,19,20,21). The molecule has 0 radical (unpaired) electrons. The Bertz CT molecular complexity index is 554. The fourth-order valence-corrected chi connectivity index (χ4v) is 3.98. The average molecular weight is 332 g/mol. The zero-order valence-electron chi connectivity index (χ0n) is 15.4. The lowest BCUT2D eigenvalue weighted by molar-refractivity contribution is 0.250. The van der Waals surface area contributed by atoms with Crippen LogP contribution in [0.4, 0.5) is 0 Å². The van der Waals surface area contributed by atoms with Gasteiger partial charge in [-0.05, 0) is 50.4 Å². The summed E-state index contributed by atoms with van der Waals surface area (Å²) in [5, 5.41) is 15.7. The monoisotopic (exact) mass is 332 g/mol. The van der Waals surface area contributed by atoms with Crippen molar-refractivity contribution in [2.75, 3.05) is 7.05 Å². The zero-order chi connectivity index (χ0) is 16.9. The molecular weight excluding hydrogens is 300 g/mol. The number of nitrogens with one attached hydrogen (secondary N) is 2. The van der Waals surface area contributed by atoms with Gasteiger partial charge in [0, 0.05) is 26.1 Å². The third-order valence-electron chi connectivity index (χ3n) is 5.63. The Kier molecular flexibility index (Phi) is 5.74. The third-order valence-corrected chi connectivity index (χ3v) is 5.63. The molecule has 2 heterocycles. The molecule has 1 aromatic rings. The molecule has 0 amide bonds. The van der Waals surface area contributed by atoms with Crippen molar-refractivity contribution in [3.63, 3.8) is 0 Å². The van der Waals surface area contributed by atoms with E-state index in [0.29, 0.717) is 12.6 Å². The Morgan fingerprint density at radius 3 is 2.71 bits per heavy atom. The maximum Gasteiger partial charge on any atom is 0.191 e. The number of fused-ring (bicyclic) bond motifs is 1. The van der Waals surface area contributed by atoms with Gasteiger partial charge in [0.05, 0.1) is 6.54 Å². The second-order valence-corrected chi connectivity index (χ2v) is 7.57. The average Bonchev–Trinajstić information content (AvgIpc) is 3.02. The Balaban J connectivity index is 1.48. The van der Waals surface area contributed by atoms with Crippen molar-refractivity contribution in [1.29, 1.82) is 0 Å². The lowest BCUT2D eigenvalue weighted by Crippen LogP contribution is -2.45. The molecule has 0 unspecified atom stereocenters. The topological polar surface area (TPSA) is 67.1 Å². The first kappa shape index (κ1) is 17.2. The normalized spacial score (nSPS) is 24.8. The number of aromatic nitrogens is 3. The first-order chi connectivity index (χ1) is 11.7. The number of aryl methyl sites for hydroxylation is 1. The van der Waals surface area contributed by atoms with Crippen LogP contribution in [0.2, 0.25) is 0 Å². The number of rotatable bonds is 4. The number of hydrogen-bond donors (Lipinski definition) is 2. The van der Waals surface area contributed by atoms with Crippen molar-refractivity contribution < 1.29 is 0 Å². The molecule has 3 rings (SSSR count). The Morgan fingerprint density at radius 1 is 1.21 bits per heavy atom. The molecule has 1 aliphatic carbocycles. The molecule has 1 saturated carbocycles. The summed E-state index contributed by atoms with van der Waals surface area (Å²) in [7, 11) is 1.84. The van der Waals surface area contributed by atoms with Crippen LogP contribution in [0, 0.1) is 11.8 Å². The molecule has 134 valence electrons. The molecule has 0 aromatic carbocycles. The van der Waals surface area contributed by atoms with Crippen LogP contribution in [0.25, 0.3) is 0 Å². The molecule has 0 spiro atoms. The molecule has 2 N–H and O–H groups in total. The lowest BCUT2D eigenvalue weighted by atomic mass is 9.80. The predicted molar refractivity (Wildman–Crippen MR) is 96.9 cm³/mol. The van der Waals surface area contributed by atoms with Crippen molar-refractivity contribution in [3.8, 4) is 0 Å². The fraction of sp³-hybridized carbons (Fsp3) is 0.833. The second-order valence-electron chi connectivity index (χ2n) is 7.57. The van der Waals surface area contributed by atoms with Crippen LogP contribution in [0.1, 0.15) is 64.0 Å². The van der Waals surface area contributed by atoms with E-state index in [1.54, 1.807) is 0 Å². The lowest BCUT2D eigenvalue weighted by Gasteiger charge is -2.32. The first-order valence-electron chi connectivity index (χ1n) is 9.55. The highest BCUT2D eigenvalue weighted by atomic mass is 15.3. The van der Waals surface area contributed by atoms with Gasteiger partial charge in [0.2, 0.25) is 0 Å². The Morgan fingerprint density at radius 2 is 2.00 bits per heavy atom. The van der Waals surface area contributed by atoms with E-state index >= 15 is 0 Å². The Labute approximate surface area is 145 Å². The maximum absolute atomic E-state index is 4.38. The highest BCUT2D eigenvalue weighted by Crippen LogP contribution is 2.29. The van der Waals surface area contributed by atoms with Gasteiger partial charge in [0.25, 0.3) is 0 Å². The van der Waals surface area contributed by atoms with Crippen LogP contribution >= 0.6 is 0 Å². The van der Waals surface area contributed by atoms with Gasteiger partial charge < -0.3 is 15.2 Å². The third kappa shape index (κ3) is 4.08. The zero-order valence-corrected chi connectivity index (χ0v) is 15.4. The molecule has 6 nitrogen and oxygen atoms in total. The van der Waals surface area contributed by atoms with Crippen molar-refractivity contribution in [3.05, 3.63) is 11.6 Å². The van der Waals surface area contributed by atoms with Crippen molar-refractivity contribution in [1.82, 2.24) is 25.4 Å². The van der Waals surface area contributed by atoms with Crippen LogP contribution in [0.15, 0.2) is 4.99 Å². The molecule has 24 heavy (non-hydrogen) atoms. The van der Waals surface area contributed by atoms with E-state index in [0.717, 1.165) is 42.4 Å². The minimum absolute atomic E-state index is 0.540. The second kappa shape index (κ2) is 7.99. The van der Waals surface area contributed by atoms with Crippen LogP contribution in [0.5, 0.6) is 0 Å². The van der Waals surface area contributed by atoms with Crippen LogP contribution in [0.3, 0.4) is 0 Å². The van der Waals surface area contributed by atoms with E-state index in [1.165, 1.54) is 38.5 Å². The largest absolute Gasteiger partial charge is 0.354 e. The van der Waals surface area contributed by atoms with E-state index in [4.69, 9.17) is 0 Å². The quantitative estimate of drug-likeness (QED) is 0.657. The molecule has 1 aromatic heterocycles. The number of aliphatic imine (C=N–C) groups is 1. The number of nitrogens with zero attached hydrogens (tertiary/aromatic N) is 4. The van der Waals surface area contributed by atoms with Gasteiger partial charge in [-0.25, -0.2) is 0 Å². The van der Waals surface area contributed by atoms with Crippen molar-refractivity contribution in [2.24, 2.45) is 16.8 Å². The molecule has 0 atom stereocenters. The number of hydrogen-bond acceptors (Lipinski definition) is 3. The van der Waals surface area contributed by atoms with E-state index in [1.807, 2.05) is 7.05 Å². The van der Waals surface area contributed by atoms with Crippen LogP contribution < -0.4 is 10.6 Å². The van der Waals surface area contributed by atoms with Gasteiger partial charge >= 0.3 is 0 Å². The first-order valence-corrected chi connectivity index (χ1v) is 9.55. The van der Waals surface area contributed by atoms with E-state index < -0.39 is 0 Å². The summed E-state index contributed by atoms with van der Waals surface area (Å²) in [4.78, 5) is 4.38. The van der Waals surface area contributed by atoms with E-state index in [9.17, 15) is 0 Å². The van der Waals surface area contributed by atoms with Gasteiger partial charge in [-0.3, -0.25) is 4.99 Å². The summed E-state index contributed by atoms with van der Waals surface area (Å²) >= 11 is 0. The summed E-state index contributed by atoms with van der Waals surface area (Å²) in [6.07, 6.45) is 8.64. The van der Waals surface area contributed by atoms with Gasteiger partial charge in [-0.1, -0.05) is 13.8 Å². The minimum atomic E-state index is 0.540. The Hall–Kier alpha value is -1.59. The fourth-order valence-electron chi connectivity index (χ4n) is 3.98. The highest BCUT2D eigenvalue weighted by molar-refractivity contribution is 5.79. The summed E-state index contributed by atoms with van der Waals surface area (Å²) in [5.41, 5.74) is 0. The molecule has 0 bridgehead atoms. The molecule has 2 aliphatic rings. The molecule has 0 saturated heterocycles. The van der Waals surface area contributed by atoms with Crippen LogP contribution in [-0.2, 0) is 19.5 Å². The number of guanidine groups is 1. The van der Waals surface area contributed by atoms with E-state index in [-0.39, 0.29) is 0 Å². The summed E-state index contributed by atoms with van der Waals surface area (Å²) in [5.74, 6) is 4.74. The summed E-state index contributed by atoms with van der Waals surface area (Å²) < 4.78 is 2.26. The predicted octanol–water partition coefficient (Wildman–Crippen LogP) is 2.49. The molecule has 6 heteroatoms. The van der Waals surface area contributed by atoms with Gasteiger partial charge in [-0.2, -0.15) is 0 Å². The molecule has 1 aliphatic heterocycles. The minimum Gasteiger partial charge on any atom is -0.354 e. The molecular formula is C18H32N6. The van der Waals surface area contributed by atoms with Crippen molar-refractivity contribution in [2.45, 2.75) is 77.9 Å². The SMILES string of the molecule is CN=C(NCc1nnc2n1CCCC2)NC1CCC(C(C)C)CC1. The smallest absolute Gasteiger partial charge is 0.191 e. The van der Waals surface area contributed by atoms with Gasteiger partial charge in [0.1, 0.15) is 5.82 Å². The van der Waals surface area contributed by atoms with Crippen molar-refractivity contribution >= 4 is 5.96 Å². The summed E-state index contributed by atoms with van der Waals surface area (Å²) in [6.45, 7) is 6.43. The van der Waals surface area contributed by atoms with Crippen LogP contribution in [-0.4, -0.2) is 33.8 Å². The molecule has 1 fully saturated rings. The van der Waals surface area contributed by atoms with Gasteiger partial charge in [0.15, 0.2) is 11.8 Å². The van der Waals surface area contributed by atoms with Gasteiger partial charge in [-0.15, -0.1) is 10.2 Å².